The lowest BCUT2D eigenvalue weighted by atomic mass is 10.2. The Kier molecular flexibility index (Phi) is 5.27. The van der Waals surface area contributed by atoms with Crippen LogP contribution in [0, 0.1) is 6.92 Å². The van der Waals surface area contributed by atoms with Crippen molar-refractivity contribution in [3.8, 4) is 0 Å². The van der Waals surface area contributed by atoms with Gasteiger partial charge >= 0.3 is 0 Å². The Morgan fingerprint density at radius 3 is 2.29 bits per heavy atom. The first kappa shape index (κ1) is 11.2. The molecular formula is C11H15ClNO+. The molecule has 0 saturated heterocycles. The molecule has 1 heterocycles. The molecule has 0 radical (unpaired) electrons. The van der Waals surface area contributed by atoms with Crippen molar-refractivity contribution in [2.75, 3.05) is 19.8 Å². The van der Waals surface area contributed by atoms with E-state index in [0.717, 1.165) is 24.8 Å². The molecule has 1 aliphatic rings. The molecule has 1 N–H and O–H groups in total. The summed E-state index contributed by atoms with van der Waals surface area (Å²) in [6.45, 7) is 4.63. The molecule has 0 aromatic heterocycles. The molecule has 1 aromatic rings. The normalized spacial score (nSPS) is 14.4. The second-order valence-electron chi connectivity index (χ2n) is 3.03. The molecule has 0 fully saturated rings. The Labute approximate surface area is 89.6 Å². The van der Waals surface area contributed by atoms with Crippen LogP contribution in [0.2, 0.25) is 5.02 Å². The third-order valence-electron chi connectivity index (χ3n) is 1.75. The second kappa shape index (κ2) is 6.57. The first-order chi connectivity index (χ1) is 6.79. The number of halogens is 1. The predicted octanol–water partition coefficient (Wildman–Crippen LogP) is 0.816. The standard InChI is InChI=1S/C7H7Cl.C4H7NO/c1-6-2-4-7(8)5-3-6;1-3-6-4-2-5-1/h2-5H,1H3;1H,2-4H2/p+1. The average molecular weight is 213 g/mol. The molecule has 3 heteroatoms. The van der Waals surface area contributed by atoms with E-state index in [0.29, 0.717) is 0 Å². The van der Waals surface area contributed by atoms with E-state index in [-0.39, 0.29) is 0 Å². The molecule has 76 valence electrons. The molecule has 0 bridgehead atoms. The Morgan fingerprint density at radius 1 is 1.29 bits per heavy atom. The lowest BCUT2D eigenvalue weighted by Gasteiger charge is -1.95. The van der Waals surface area contributed by atoms with Gasteiger partial charge in [0.25, 0.3) is 0 Å². The third-order valence-corrected chi connectivity index (χ3v) is 2.00. The summed E-state index contributed by atoms with van der Waals surface area (Å²) in [5, 5.41) is 0.801. The summed E-state index contributed by atoms with van der Waals surface area (Å²) in [4.78, 5) is 3.03. The van der Waals surface area contributed by atoms with E-state index >= 15 is 0 Å². The van der Waals surface area contributed by atoms with Crippen molar-refractivity contribution in [1.82, 2.24) is 0 Å². The zero-order chi connectivity index (χ0) is 10.2. The second-order valence-corrected chi connectivity index (χ2v) is 3.47. The van der Waals surface area contributed by atoms with Crippen molar-refractivity contribution < 1.29 is 9.73 Å². The average Bonchev–Trinajstić information content (AvgIpc) is 2.26. The van der Waals surface area contributed by atoms with Gasteiger partial charge in [0.05, 0.1) is 0 Å². The Hall–Kier alpha value is -0.860. The van der Waals surface area contributed by atoms with Gasteiger partial charge < -0.3 is 4.74 Å². The molecule has 0 aliphatic carbocycles. The van der Waals surface area contributed by atoms with E-state index in [1.165, 1.54) is 5.56 Å². The van der Waals surface area contributed by atoms with Crippen LogP contribution < -0.4 is 4.99 Å². The van der Waals surface area contributed by atoms with Crippen molar-refractivity contribution in [2.45, 2.75) is 6.92 Å². The van der Waals surface area contributed by atoms with Gasteiger partial charge in [-0.05, 0) is 19.1 Å². The zero-order valence-corrected chi connectivity index (χ0v) is 9.05. The fraction of sp³-hybridized carbons (Fsp3) is 0.364. The van der Waals surface area contributed by atoms with Crippen LogP contribution >= 0.6 is 11.6 Å². The van der Waals surface area contributed by atoms with E-state index < -0.39 is 0 Å². The van der Waals surface area contributed by atoms with E-state index in [9.17, 15) is 0 Å². The molecular weight excluding hydrogens is 198 g/mol. The topological polar surface area (TPSA) is 23.2 Å². The Balaban J connectivity index is 0.000000146. The molecule has 0 saturated carbocycles. The van der Waals surface area contributed by atoms with Crippen LogP contribution in [0.25, 0.3) is 0 Å². The van der Waals surface area contributed by atoms with Gasteiger partial charge in [-0.1, -0.05) is 29.3 Å². The van der Waals surface area contributed by atoms with E-state index in [1.54, 1.807) is 0 Å². The van der Waals surface area contributed by atoms with Gasteiger partial charge in [0.1, 0.15) is 13.2 Å². The first-order valence-electron chi connectivity index (χ1n) is 4.64. The monoisotopic (exact) mass is 212 g/mol. The lowest BCUT2D eigenvalue weighted by Crippen LogP contribution is -2.72. The highest BCUT2D eigenvalue weighted by molar-refractivity contribution is 6.30. The third kappa shape index (κ3) is 5.00. The van der Waals surface area contributed by atoms with Gasteiger partial charge in [-0.3, -0.25) is 0 Å². The summed E-state index contributed by atoms with van der Waals surface area (Å²) < 4.78 is 4.95. The largest absolute Gasteiger partial charge is 0.365 e. The number of hydrogen-bond donors (Lipinski definition) is 1. The minimum absolute atomic E-state index is 0.764. The van der Waals surface area contributed by atoms with Crippen molar-refractivity contribution in [2.24, 2.45) is 0 Å². The highest BCUT2D eigenvalue weighted by atomic mass is 35.5. The maximum atomic E-state index is 5.61. The van der Waals surface area contributed by atoms with Gasteiger partial charge in [-0.2, -0.15) is 0 Å². The SMILES string of the molecule is C1=[NH+]CCOC1.Cc1ccc(Cl)cc1. The van der Waals surface area contributed by atoms with E-state index in [4.69, 9.17) is 16.3 Å². The molecule has 2 nitrogen and oxygen atoms in total. The summed E-state index contributed by atoms with van der Waals surface area (Å²) in [6.07, 6.45) is 1.92. The molecule has 0 atom stereocenters. The minimum Gasteiger partial charge on any atom is -0.365 e. The van der Waals surface area contributed by atoms with Gasteiger partial charge in [0, 0.05) is 5.02 Å². The number of nitrogens with one attached hydrogen (secondary N) is 1. The Bertz CT molecular complexity index is 253. The number of benzene rings is 1. The number of ether oxygens (including phenoxy) is 1. The van der Waals surface area contributed by atoms with Crippen LogP contribution in [0.5, 0.6) is 0 Å². The zero-order valence-electron chi connectivity index (χ0n) is 8.29. The van der Waals surface area contributed by atoms with Crippen molar-refractivity contribution in [3.63, 3.8) is 0 Å². The number of aryl methyl sites for hydroxylation is 1. The Morgan fingerprint density at radius 2 is 2.00 bits per heavy atom. The maximum Gasteiger partial charge on any atom is 0.164 e. The van der Waals surface area contributed by atoms with Crippen molar-refractivity contribution >= 4 is 17.8 Å². The molecule has 1 aliphatic heterocycles. The van der Waals surface area contributed by atoms with Crippen LogP contribution in [-0.2, 0) is 4.74 Å². The van der Waals surface area contributed by atoms with Gasteiger partial charge in [-0.15, -0.1) is 0 Å². The predicted molar refractivity (Wildman–Crippen MR) is 58.9 cm³/mol. The molecule has 14 heavy (non-hydrogen) atoms. The van der Waals surface area contributed by atoms with Crippen LogP contribution in [-0.4, -0.2) is 26.0 Å². The first-order valence-corrected chi connectivity index (χ1v) is 5.02. The lowest BCUT2D eigenvalue weighted by molar-refractivity contribution is -0.466. The van der Waals surface area contributed by atoms with Crippen LogP contribution in [0.4, 0.5) is 0 Å². The fourth-order valence-electron chi connectivity index (χ4n) is 0.968. The van der Waals surface area contributed by atoms with Crippen LogP contribution in [0.15, 0.2) is 24.3 Å². The smallest absolute Gasteiger partial charge is 0.164 e. The molecule has 0 spiro atoms. The summed E-state index contributed by atoms with van der Waals surface area (Å²) in [6, 6.07) is 7.75. The van der Waals surface area contributed by atoms with Gasteiger partial charge in [-0.25, -0.2) is 4.99 Å². The van der Waals surface area contributed by atoms with Crippen molar-refractivity contribution in [1.29, 1.82) is 0 Å². The van der Waals surface area contributed by atoms with E-state index in [1.807, 2.05) is 37.4 Å². The highest BCUT2D eigenvalue weighted by Gasteiger charge is 1.92. The minimum atomic E-state index is 0.764. The van der Waals surface area contributed by atoms with E-state index in [2.05, 4.69) is 4.99 Å². The van der Waals surface area contributed by atoms with Gasteiger partial charge in [0.15, 0.2) is 12.8 Å². The van der Waals surface area contributed by atoms with Crippen LogP contribution in [0.3, 0.4) is 0 Å². The number of rotatable bonds is 0. The quantitative estimate of drug-likeness (QED) is 0.676. The number of hydrogen-bond acceptors (Lipinski definition) is 1. The molecule has 2 rings (SSSR count). The summed E-state index contributed by atoms with van der Waals surface area (Å²) in [7, 11) is 0. The summed E-state index contributed by atoms with van der Waals surface area (Å²) in [5.41, 5.74) is 1.24. The molecule has 0 unspecified atom stereocenters. The summed E-state index contributed by atoms with van der Waals surface area (Å²) in [5.74, 6) is 0. The van der Waals surface area contributed by atoms with Crippen LogP contribution in [0.1, 0.15) is 5.56 Å². The highest BCUT2D eigenvalue weighted by Crippen LogP contribution is 2.07. The maximum absolute atomic E-state index is 5.61. The fourth-order valence-corrected chi connectivity index (χ4v) is 1.09. The molecule has 1 aromatic carbocycles. The summed E-state index contributed by atoms with van der Waals surface area (Å²) >= 11 is 5.61. The van der Waals surface area contributed by atoms with Crippen molar-refractivity contribution in [3.05, 3.63) is 34.9 Å². The molecule has 0 amide bonds. The van der Waals surface area contributed by atoms with Gasteiger partial charge in [0.2, 0.25) is 0 Å².